The molecule has 3 aromatic rings. The van der Waals surface area contributed by atoms with Crippen LogP contribution in [0, 0.1) is 18.3 Å². The molecule has 0 unspecified atom stereocenters. The summed E-state index contributed by atoms with van der Waals surface area (Å²) >= 11 is 12.3. The lowest BCUT2D eigenvalue weighted by atomic mass is 10.1. The summed E-state index contributed by atoms with van der Waals surface area (Å²) in [5.74, 6) is 0.445. The maximum absolute atomic E-state index is 12.5. The average Bonchev–Trinajstić information content (AvgIpc) is 2.79. The minimum absolute atomic E-state index is 0.0616. The SMILES string of the molecule is COc1cc(/C=C(/C#N)C(=O)Nc2ccc(C)c(Cl)c2)ccc1OCc1ccccc1Cl. The molecule has 0 heterocycles. The number of aryl methyl sites for hydroxylation is 1. The lowest BCUT2D eigenvalue weighted by Crippen LogP contribution is -2.13. The molecule has 0 bridgehead atoms. The van der Waals surface area contributed by atoms with E-state index in [4.69, 9.17) is 32.7 Å². The van der Waals surface area contributed by atoms with Crippen molar-refractivity contribution < 1.29 is 14.3 Å². The number of anilines is 1. The van der Waals surface area contributed by atoms with E-state index in [1.165, 1.54) is 13.2 Å². The zero-order chi connectivity index (χ0) is 23.1. The molecule has 0 aromatic heterocycles. The summed E-state index contributed by atoms with van der Waals surface area (Å²) in [6.07, 6.45) is 1.48. The summed E-state index contributed by atoms with van der Waals surface area (Å²) in [7, 11) is 1.52. The van der Waals surface area contributed by atoms with Gasteiger partial charge in [-0.1, -0.05) is 53.5 Å². The maximum atomic E-state index is 12.5. The largest absolute Gasteiger partial charge is 0.493 e. The lowest BCUT2D eigenvalue weighted by molar-refractivity contribution is -0.112. The van der Waals surface area contributed by atoms with Crippen LogP contribution < -0.4 is 14.8 Å². The van der Waals surface area contributed by atoms with E-state index in [1.807, 2.05) is 31.2 Å². The highest BCUT2D eigenvalue weighted by molar-refractivity contribution is 6.31. The third-order valence-corrected chi connectivity index (χ3v) is 5.41. The first-order chi connectivity index (χ1) is 15.4. The highest BCUT2D eigenvalue weighted by Crippen LogP contribution is 2.30. The Balaban J connectivity index is 1.76. The molecule has 7 heteroatoms. The number of rotatable bonds is 7. The first kappa shape index (κ1) is 23.2. The number of hydrogen-bond acceptors (Lipinski definition) is 4. The van der Waals surface area contributed by atoms with Crippen LogP contribution in [0.5, 0.6) is 11.5 Å². The van der Waals surface area contributed by atoms with E-state index in [-0.39, 0.29) is 12.2 Å². The normalized spacial score (nSPS) is 10.9. The fraction of sp³-hybridized carbons (Fsp3) is 0.120. The van der Waals surface area contributed by atoms with Gasteiger partial charge < -0.3 is 14.8 Å². The predicted octanol–water partition coefficient (Wildman–Crippen LogP) is 6.44. The number of nitriles is 1. The number of ether oxygens (including phenoxy) is 2. The molecule has 3 aromatic carbocycles. The van der Waals surface area contributed by atoms with Gasteiger partial charge in [-0.25, -0.2) is 0 Å². The molecule has 1 N–H and O–H groups in total. The summed E-state index contributed by atoms with van der Waals surface area (Å²) in [5, 5.41) is 13.3. The van der Waals surface area contributed by atoms with Crippen molar-refractivity contribution in [2.45, 2.75) is 13.5 Å². The van der Waals surface area contributed by atoms with E-state index in [2.05, 4.69) is 5.32 Å². The number of halogens is 2. The predicted molar refractivity (Wildman–Crippen MR) is 127 cm³/mol. The van der Waals surface area contributed by atoms with Crippen molar-refractivity contribution in [1.82, 2.24) is 0 Å². The van der Waals surface area contributed by atoms with Gasteiger partial charge in [0.2, 0.25) is 0 Å². The van der Waals surface area contributed by atoms with Crippen LogP contribution in [0.1, 0.15) is 16.7 Å². The Morgan fingerprint density at radius 1 is 1.06 bits per heavy atom. The molecule has 3 rings (SSSR count). The van der Waals surface area contributed by atoms with Crippen molar-refractivity contribution in [3.63, 3.8) is 0 Å². The number of carbonyl (C=O) groups is 1. The van der Waals surface area contributed by atoms with Gasteiger partial charge in [0.25, 0.3) is 5.91 Å². The second-order valence-electron chi connectivity index (χ2n) is 6.88. The van der Waals surface area contributed by atoms with Gasteiger partial charge in [-0.15, -0.1) is 0 Å². The Hall–Kier alpha value is -3.46. The molecule has 0 fully saturated rings. The van der Waals surface area contributed by atoms with Crippen LogP contribution in [0.4, 0.5) is 5.69 Å². The van der Waals surface area contributed by atoms with Gasteiger partial charge in [0, 0.05) is 21.3 Å². The topological polar surface area (TPSA) is 71.3 Å². The Morgan fingerprint density at radius 3 is 2.53 bits per heavy atom. The van der Waals surface area contributed by atoms with E-state index in [1.54, 1.807) is 42.5 Å². The van der Waals surface area contributed by atoms with Crippen LogP contribution in [0.25, 0.3) is 6.08 Å². The maximum Gasteiger partial charge on any atom is 0.266 e. The van der Waals surface area contributed by atoms with E-state index < -0.39 is 5.91 Å². The van der Waals surface area contributed by atoms with Gasteiger partial charge in [-0.2, -0.15) is 5.26 Å². The van der Waals surface area contributed by atoms with E-state index in [9.17, 15) is 10.1 Å². The number of nitrogens with one attached hydrogen (secondary N) is 1. The first-order valence-electron chi connectivity index (χ1n) is 9.65. The van der Waals surface area contributed by atoms with E-state index in [0.29, 0.717) is 32.8 Å². The van der Waals surface area contributed by atoms with Crippen LogP contribution in [0.2, 0.25) is 10.0 Å². The Labute approximate surface area is 196 Å². The van der Waals surface area contributed by atoms with Crippen molar-refractivity contribution in [2.75, 3.05) is 12.4 Å². The van der Waals surface area contributed by atoms with Crippen molar-refractivity contribution in [2.24, 2.45) is 0 Å². The minimum Gasteiger partial charge on any atom is -0.493 e. The van der Waals surface area contributed by atoms with Crippen LogP contribution in [0.3, 0.4) is 0 Å². The number of carbonyl (C=O) groups excluding carboxylic acids is 1. The van der Waals surface area contributed by atoms with E-state index >= 15 is 0 Å². The lowest BCUT2D eigenvalue weighted by Gasteiger charge is -2.12. The molecule has 0 radical (unpaired) electrons. The monoisotopic (exact) mass is 466 g/mol. The van der Waals surface area contributed by atoms with Crippen LogP contribution >= 0.6 is 23.2 Å². The summed E-state index contributed by atoms with van der Waals surface area (Å²) in [6.45, 7) is 2.14. The number of methoxy groups -OCH3 is 1. The molecule has 0 spiro atoms. The fourth-order valence-electron chi connectivity index (χ4n) is 2.85. The number of amides is 1. The van der Waals surface area contributed by atoms with Gasteiger partial charge in [-0.3, -0.25) is 4.79 Å². The van der Waals surface area contributed by atoms with Gasteiger partial charge in [0.15, 0.2) is 11.5 Å². The van der Waals surface area contributed by atoms with Crippen LogP contribution in [-0.4, -0.2) is 13.0 Å². The summed E-state index contributed by atoms with van der Waals surface area (Å²) in [6, 6.07) is 19.6. The fourth-order valence-corrected chi connectivity index (χ4v) is 3.22. The van der Waals surface area contributed by atoms with Crippen LogP contribution in [-0.2, 0) is 11.4 Å². The second-order valence-corrected chi connectivity index (χ2v) is 7.69. The molecular formula is C25H20Cl2N2O3. The Morgan fingerprint density at radius 2 is 1.84 bits per heavy atom. The third kappa shape index (κ3) is 5.82. The molecule has 1 amide bonds. The van der Waals surface area contributed by atoms with Gasteiger partial charge >= 0.3 is 0 Å². The first-order valence-corrected chi connectivity index (χ1v) is 10.4. The summed E-state index contributed by atoms with van der Waals surface area (Å²) < 4.78 is 11.3. The molecule has 0 saturated carbocycles. The molecule has 0 aliphatic carbocycles. The van der Waals surface area contributed by atoms with Crippen LogP contribution in [0.15, 0.2) is 66.2 Å². The zero-order valence-electron chi connectivity index (χ0n) is 17.5. The molecule has 0 atom stereocenters. The van der Waals surface area contributed by atoms with Crippen molar-refractivity contribution in [3.8, 4) is 17.6 Å². The quantitative estimate of drug-likeness (QED) is 0.321. The standard InChI is InChI=1S/C25H20Cl2N2O3/c1-16-7-9-20(13-22(16)27)29-25(30)19(14-28)11-17-8-10-23(24(12-17)31-2)32-15-18-5-3-4-6-21(18)26/h3-13H,15H2,1-2H3,(H,29,30)/b19-11-. The van der Waals surface area contributed by atoms with Gasteiger partial charge in [0.05, 0.1) is 7.11 Å². The summed E-state index contributed by atoms with van der Waals surface area (Å²) in [5.41, 5.74) is 2.80. The van der Waals surface area contributed by atoms with Crippen molar-refractivity contribution in [3.05, 3.63) is 93.0 Å². The van der Waals surface area contributed by atoms with E-state index in [0.717, 1.165) is 11.1 Å². The Bertz CT molecular complexity index is 1220. The molecular weight excluding hydrogens is 447 g/mol. The van der Waals surface area contributed by atoms with Crippen molar-refractivity contribution in [1.29, 1.82) is 5.26 Å². The summed E-state index contributed by atoms with van der Waals surface area (Å²) in [4.78, 5) is 12.5. The molecule has 5 nitrogen and oxygen atoms in total. The second kappa shape index (κ2) is 10.7. The molecule has 0 aliphatic heterocycles. The highest BCUT2D eigenvalue weighted by Gasteiger charge is 2.12. The molecule has 0 aliphatic rings. The van der Waals surface area contributed by atoms with Crippen molar-refractivity contribution >= 4 is 40.9 Å². The zero-order valence-corrected chi connectivity index (χ0v) is 19.0. The number of nitrogens with zero attached hydrogens (tertiary/aromatic N) is 1. The number of hydrogen-bond donors (Lipinski definition) is 1. The Kier molecular flexibility index (Phi) is 7.77. The number of benzene rings is 3. The average molecular weight is 467 g/mol. The smallest absolute Gasteiger partial charge is 0.266 e. The highest BCUT2D eigenvalue weighted by atomic mass is 35.5. The molecule has 162 valence electrons. The molecule has 0 saturated heterocycles. The molecule has 32 heavy (non-hydrogen) atoms. The third-order valence-electron chi connectivity index (χ3n) is 4.63. The van der Waals surface area contributed by atoms with Gasteiger partial charge in [-0.05, 0) is 54.5 Å². The minimum atomic E-state index is -0.537. The van der Waals surface area contributed by atoms with Gasteiger partial charge in [0.1, 0.15) is 18.2 Å².